The Morgan fingerprint density at radius 3 is 2.60 bits per heavy atom. The van der Waals surface area contributed by atoms with E-state index in [1.54, 1.807) is 0 Å². The molecular formula is C19H33N. The minimum Gasteiger partial charge on any atom is -0.198 e. The largest absolute Gasteiger partial charge is 0.198 e. The molecule has 1 unspecified atom stereocenters. The lowest BCUT2D eigenvalue weighted by molar-refractivity contribution is 0.0749. The van der Waals surface area contributed by atoms with Crippen LogP contribution in [-0.2, 0) is 0 Å². The van der Waals surface area contributed by atoms with E-state index in [0.29, 0.717) is 0 Å². The smallest absolute Gasteiger partial charge is 0.0686 e. The van der Waals surface area contributed by atoms with Gasteiger partial charge in [-0.05, 0) is 56.8 Å². The van der Waals surface area contributed by atoms with E-state index >= 15 is 0 Å². The molecule has 0 aromatic carbocycles. The molecule has 0 radical (unpaired) electrons. The average Bonchev–Trinajstić information content (AvgIpc) is 2.47. The third kappa shape index (κ3) is 4.24. The van der Waals surface area contributed by atoms with Crippen LogP contribution in [-0.4, -0.2) is 0 Å². The zero-order chi connectivity index (χ0) is 14.4. The second-order valence-electron chi connectivity index (χ2n) is 7.82. The van der Waals surface area contributed by atoms with Gasteiger partial charge in [0.05, 0.1) is 11.5 Å². The van der Waals surface area contributed by atoms with Crippen molar-refractivity contribution in [3.05, 3.63) is 0 Å². The molecule has 0 aromatic heterocycles. The monoisotopic (exact) mass is 275 g/mol. The number of unbranched alkanes of at least 4 members (excludes halogenated alkanes) is 4. The maximum absolute atomic E-state index is 9.33. The average molecular weight is 275 g/mol. The SMILES string of the molecule is CCCCCCC[C@H]1CCC2C[C@@](C)(C#N)CC[C@H]2C1. The van der Waals surface area contributed by atoms with Gasteiger partial charge < -0.3 is 0 Å². The van der Waals surface area contributed by atoms with Crippen molar-refractivity contribution < 1.29 is 0 Å². The fourth-order valence-electron chi connectivity index (χ4n) is 4.63. The van der Waals surface area contributed by atoms with Gasteiger partial charge in [-0.25, -0.2) is 0 Å². The molecule has 0 amide bonds. The summed E-state index contributed by atoms with van der Waals surface area (Å²) in [4.78, 5) is 0. The summed E-state index contributed by atoms with van der Waals surface area (Å²) in [6, 6.07) is 2.58. The summed E-state index contributed by atoms with van der Waals surface area (Å²) in [7, 11) is 0. The molecule has 2 saturated carbocycles. The van der Waals surface area contributed by atoms with E-state index in [2.05, 4.69) is 19.9 Å². The fraction of sp³-hybridized carbons (Fsp3) is 0.947. The van der Waals surface area contributed by atoms with Crippen LogP contribution in [0.1, 0.15) is 90.9 Å². The molecule has 2 rings (SSSR count). The first-order valence-electron chi connectivity index (χ1n) is 9.08. The van der Waals surface area contributed by atoms with E-state index in [0.717, 1.165) is 24.2 Å². The van der Waals surface area contributed by atoms with Crippen LogP contribution in [0, 0.1) is 34.5 Å². The van der Waals surface area contributed by atoms with Crippen LogP contribution in [0.4, 0.5) is 0 Å². The highest BCUT2D eigenvalue weighted by Gasteiger charge is 2.40. The topological polar surface area (TPSA) is 23.8 Å². The number of hydrogen-bond acceptors (Lipinski definition) is 1. The Hall–Kier alpha value is -0.510. The fourth-order valence-corrected chi connectivity index (χ4v) is 4.63. The zero-order valence-corrected chi connectivity index (χ0v) is 13.7. The molecule has 2 aliphatic rings. The van der Waals surface area contributed by atoms with Gasteiger partial charge in [0.15, 0.2) is 0 Å². The maximum atomic E-state index is 9.33. The first-order valence-corrected chi connectivity index (χ1v) is 9.08. The summed E-state index contributed by atoms with van der Waals surface area (Å²) in [5, 5.41) is 9.33. The summed E-state index contributed by atoms with van der Waals surface area (Å²) in [5.41, 5.74) is -0.00580. The summed E-state index contributed by atoms with van der Waals surface area (Å²) >= 11 is 0. The van der Waals surface area contributed by atoms with E-state index in [-0.39, 0.29) is 5.41 Å². The highest BCUT2D eigenvalue weighted by atomic mass is 14.5. The van der Waals surface area contributed by atoms with Crippen molar-refractivity contribution in [3.8, 4) is 6.07 Å². The Morgan fingerprint density at radius 2 is 1.85 bits per heavy atom. The highest BCUT2D eigenvalue weighted by molar-refractivity contribution is 5.01. The molecule has 0 aliphatic heterocycles. The van der Waals surface area contributed by atoms with Gasteiger partial charge >= 0.3 is 0 Å². The van der Waals surface area contributed by atoms with Crippen LogP contribution in [0.2, 0.25) is 0 Å². The second kappa shape index (κ2) is 7.48. The van der Waals surface area contributed by atoms with Crippen LogP contribution in [0.5, 0.6) is 0 Å². The molecule has 0 bridgehead atoms. The van der Waals surface area contributed by atoms with Crippen LogP contribution in [0.3, 0.4) is 0 Å². The van der Waals surface area contributed by atoms with Gasteiger partial charge in [0.2, 0.25) is 0 Å². The number of hydrogen-bond donors (Lipinski definition) is 0. The van der Waals surface area contributed by atoms with Crippen molar-refractivity contribution >= 4 is 0 Å². The lowest BCUT2D eigenvalue weighted by atomic mass is 9.60. The third-order valence-corrected chi connectivity index (χ3v) is 6.01. The number of rotatable bonds is 6. The molecule has 114 valence electrons. The van der Waals surface area contributed by atoms with Crippen molar-refractivity contribution in [1.82, 2.24) is 0 Å². The molecule has 0 N–H and O–H groups in total. The summed E-state index contributed by atoms with van der Waals surface area (Å²) in [6.07, 6.45) is 16.6. The molecule has 0 spiro atoms. The van der Waals surface area contributed by atoms with Crippen LogP contribution < -0.4 is 0 Å². The lowest BCUT2D eigenvalue weighted by Crippen LogP contribution is -2.35. The Morgan fingerprint density at radius 1 is 1.05 bits per heavy atom. The Kier molecular flexibility index (Phi) is 5.94. The summed E-state index contributed by atoms with van der Waals surface area (Å²) < 4.78 is 0. The van der Waals surface area contributed by atoms with Gasteiger partial charge in [0.25, 0.3) is 0 Å². The number of nitrogens with zero attached hydrogens (tertiary/aromatic N) is 1. The van der Waals surface area contributed by atoms with E-state index in [1.165, 1.54) is 70.6 Å². The first kappa shape index (κ1) is 15.9. The first-order chi connectivity index (χ1) is 9.67. The standard InChI is InChI=1S/C19H33N/c1-3-4-5-6-7-8-16-9-10-18-14-19(2,15-20)12-11-17(18)13-16/h16-18H,3-14H2,1-2H3/t16-,17-,18?,19-/m0/s1. The van der Waals surface area contributed by atoms with E-state index in [4.69, 9.17) is 0 Å². The molecule has 20 heavy (non-hydrogen) atoms. The highest BCUT2D eigenvalue weighted by Crippen LogP contribution is 2.49. The quantitative estimate of drug-likeness (QED) is 0.538. The molecular weight excluding hydrogens is 242 g/mol. The molecule has 1 heteroatoms. The minimum absolute atomic E-state index is 0.00580. The van der Waals surface area contributed by atoms with Gasteiger partial charge in [0.1, 0.15) is 0 Å². The lowest BCUT2D eigenvalue weighted by Gasteiger charge is -2.44. The molecule has 4 atom stereocenters. The minimum atomic E-state index is -0.00580. The molecule has 2 aliphatic carbocycles. The van der Waals surface area contributed by atoms with Crippen LogP contribution in [0.15, 0.2) is 0 Å². The van der Waals surface area contributed by atoms with Gasteiger partial charge in [-0.2, -0.15) is 5.26 Å². The van der Waals surface area contributed by atoms with Crippen molar-refractivity contribution in [1.29, 1.82) is 5.26 Å². The van der Waals surface area contributed by atoms with Crippen LogP contribution >= 0.6 is 0 Å². The van der Waals surface area contributed by atoms with Gasteiger partial charge in [-0.3, -0.25) is 0 Å². The van der Waals surface area contributed by atoms with Gasteiger partial charge in [-0.15, -0.1) is 0 Å². The Labute approximate surface area is 126 Å². The molecule has 1 nitrogen and oxygen atoms in total. The molecule has 0 saturated heterocycles. The summed E-state index contributed by atoms with van der Waals surface area (Å²) in [5.74, 6) is 2.82. The maximum Gasteiger partial charge on any atom is 0.0686 e. The van der Waals surface area contributed by atoms with Crippen molar-refractivity contribution in [2.75, 3.05) is 0 Å². The second-order valence-corrected chi connectivity index (χ2v) is 7.82. The molecule has 2 fully saturated rings. The molecule has 0 heterocycles. The van der Waals surface area contributed by atoms with E-state index in [9.17, 15) is 5.26 Å². The number of nitriles is 1. The van der Waals surface area contributed by atoms with Crippen molar-refractivity contribution in [3.63, 3.8) is 0 Å². The molecule has 0 aromatic rings. The third-order valence-electron chi connectivity index (χ3n) is 6.01. The Bertz CT molecular complexity index is 329. The van der Waals surface area contributed by atoms with Gasteiger partial charge in [-0.1, -0.05) is 51.9 Å². The number of fused-ring (bicyclic) bond motifs is 1. The van der Waals surface area contributed by atoms with Gasteiger partial charge in [0, 0.05) is 0 Å². The van der Waals surface area contributed by atoms with Crippen molar-refractivity contribution in [2.24, 2.45) is 23.2 Å². The van der Waals surface area contributed by atoms with Crippen LogP contribution in [0.25, 0.3) is 0 Å². The summed E-state index contributed by atoms with van der Waals surface area (Å²) in [6.45, 7) is 4.47. The van der Waals surface area contributed by atoms with E-state index in [1.807, 2.05) is 0 Å². The van der Waals surface area contributed by atoms with Crippen molar-refractivity contribution in [2.45, 2.75) is 90.9 Å². The zero-order valence-electron chi connectivity index (χ0n) is 13.7. The predicted octanol–water partition coefficient (Wildman–Crippen LogP) is 6.09. The normalized spacial score (nSPS) is 37.1. The predicted molar refractivity (Wildman–Crippen MR) is 85.3 cm³/mol. The Balaban J connectivity index is 1.69. The van der Waals surface area contributed by atoms with E-state index < -0.39 is 0 Å².